The first-order chi connectivity index (χ1) is 10.2. The van der Waals surface area contributed by atoms with Crippen molar-refractivity contribution in [2.45, 2.75) is 0 Å². The lowest BCUT2D eigenvalue weighted by Crippen LogP contribution is -2.12. The van der Waals surface area contributed by atoms with Crippen molar-refractivity contribution in [2.75, 3.05) is 5.32 Å². The molecule has 0 fully saturated rings. The second kappa shape index (κ2) is 6.24. The number of benzene rings is 2. The van der Waals surface area contributed by atoms with Crippen LogP contribution in [0, 0.1) is 0 Å². The molecule has 2 nitrogen and oxygen atoms in total. The average Bonchev–Trinajstić information content (AvgIpc) is 2.95. The molecular weight excluding hydrogens is 346 g/mol. The van der Waals surface area contributed by atoms with Crippen molar-refractivity contribution in [3.8, 4) is 10.4 Å². The maximum absolute atomic E-state index is 12.3. The summed E-state index contributed by atoms with van der Waals surface area (Å²) in [7, 11) is 0. The Balaban J connectivity index is 1.91. The smallest absolute Gasteiger partial charge is 0.255 e. The molecule has 2 aromatic carbocycles. The van der Waals surface area contributed by atoms with E-state index in [-0.39, 0.29) is 5.91 Å². The quantitative estimate of drug-likeness (QED) is 0.665. The number of hydrogen-bond donors (Lipinski definition) is 1. The lowest BCUT2D eigenvalue weighted by atomic mass is 10.1. The monoisotopic (exact) mass is 357 g/mol. The van der Waals surface area contributed by atoms with Crippen LogP contribution >= 0.6 is 27.3 Å². The molecule has 0 aliphatic carbocycles. The zero-order valence-electron chi connectivity index (χ0n) is 11.0. The van der Waals surface area contributed by atoms with E-state index in [4.69, 9.17) is 0 Å². The molecule has 0 saturated heterocycles. The molecule has 104 valence electrons. The number of anilines is 1. The van der Waals surface area contributed by atoms with Gasteiger partial charge < -0.3 is 5.32 Å². The molecule has 1 N–H and O–H groups in total. The third kappa shape index (κ3) is 3.23. The van der Waals surface area contributed by atoms with E-state index < -0.39 is 0 Å². The number of hydrogen-bond acceptors (Lipinski definition) is 2. The van der Waals surface area contributed by atoms with Gasteiger partial charge in [0, 0.05) is 21.7 Å². The topological polar surface area (TPSA) is 29.1 Å². The fraction of sp³-hybridized carbons (Fsp3) is 0. The average molecular weight is 358 g/mol. The molecule has 0 aliphatic heterocycles. The van der Waals surface area contributed by atoms with Gasteiger partial charge in [-0.25, -0.2) is 0 Å². The van der Waals surface area contributed by atoms with E-state index in [1.54, 1.807) is 23.5 Å². The van der Waals surface area contributed by atoms with Crippen molar-refractivity contribution >= 4 is 38.9 Å². The standard InChI is InChI=1S/C17H12BrNOS/c18-16-11-10-15(21-16)13-8-4-5-9-14(13)19-17(20)12-6-2-1-3-7-12/h1-11H,(H,19,20). The minimum atomic E-state index is -0.0985. The Labute approximate surface area is 135 Å². The summed E-state index contributed by atoms with van der Waals surface area (Å²) in [6.45, 7) is 0. The molecule has 1 amide bonds. The molecule has 3 rings (SSSR count). The number of carbonyl (C=O) groups is 1. The van der Waals surface area contributed by atoms with Crippen LogP contribution in [-0.4, -0.2) is 5.91 Å². The van der Waals surface area contributed by atoms with Gasteiger partial charge in [0.05, 0.1) is 3.79 Å². The predicted molar refractivity (Wildman–Crippen MR) is 91.9 cm³/mol. The highest BCUT2D eigenvalue weighted by Crippen LogP contribution is 2.35. The summed E-state index contributed by atoms with van der Waals surface area (Å²) in [6.07, 6.45) is 0. The van der Waals surface area contributed by atoms with E-state index in [2.05, 4.69) is 21.2 Å². The van der Waals surface area contributed by atoms with E-state index in [9.17, 15) is 4.79 Å². The van der Waals surface area contributed by atoms with Crippen LogP contribution in [0.3, 0.4) is 0 Å². The summed E-state index contributed by atoms with van der Waals surface area (Å²) >= 11 is 5.12. The second-order valence-corrected chi connectivity index (χ2v) is 6.93. The zero-order chi connectivity index (χ0) is 14.7. The van der Waals surface area contributed by atoms with Crippen LogP contribution in [0.4, 0.5) is 5.69 Å². The molecule has 0 atom stereocenters. The molecule has 0 saturated carbocycles. The molecule has 0 bridgehead atoms. The summed E-state index contributed by atoms with van der Waals surface area (Å²) in [5.74, 6) is -0.0985. The third-order valence-corrected chi connectivity index (χ3v) is 4.71. The Morgan fingerprint density at radius 3 is 2.33 bits per heavy atom. The van der Waals surface area contributed by atoms with Gasteiger partial charge in [-0.3, -0.25) is 4.79 Å². The van der Waals surface area contributed by atoms with Crippen LogP contribution in [0.15, 0.2) is 70.5 Å². The Morgan fingerprint density at radius 1 is 0.905 bits per heavy atom. The van der Waals surface area contributed by atoms with Crippen molar-refractivity contribution in [2.24, 2.45) is 0 Å². The van der Waals surface area contributed by atoms with Crippen LogP contribution in [0.2, 0.25) is 0 Å². The van der Waals surface area contributed by atoms with Crippen molar-refractivity contribution in [1.82, 2.24) is 0 Å². The number of rotatable bonds is 3. The van der Waals surface area contributed by atoms with E-state index in [0.29, 0.717) is 5.56 Å². The SMILES string of the molecule is O=C(Nc1ccccc1-c1ccc(Br)s1)c1ccccc1. The highest BCUT2D eigenvalue weighted by Gasteiger charge is 2.11. The van der Waals surface area contributed by atoms with Crippen molar-refractivity contribution in [3.63, 3.8) is 0 Å². The summed E-state index contributed by atoms with van der Waals surface area (Å²) in [5.41, 5.74) is 2.50. The number of thiophene rings is 1. The van der Waals surface area contributed by atoms with Crippen LogP contribution in [-0.2, 0) is 0 Å². The summed E-state index contributed by atoms with van der Waals surface area (Å²) < 4.78 is 1.07. The molecule has 1 heterocycles. The first-order valence-corrected chi connectivity index (χ1v) is 8.06. The van der Waals surface area contributed by atoms with E-state index >= 15 is 0 Å². The van der Waals surface area contributed by atoms with Crippen LogP contribution in [0.1, 0.15) is 10.4 Å². The van der Waals surface area contributed by atoms with Crippen LogP contribution in [0.25, 0.3) is 10.4 Å². The molecule has 0 aliphatic rings. The number of para-hydroxylation sites is 1. The minimum absolute atomic E-state index is 0.0985. The molecule has 0 radical (unpaired) electrons. The van der Waals surface area contributed by atoms with Gasteiger partial charge in [0.2, 0.25) is 0 Å². The number of carbonyl (C=O) groups excluding carboxylic acids is 1. The molecule has 0 spiro atoms. The van der Waals surface area contributed by atoms with Gasteiger partial charge in [-0.15, -0.1) is 11.3 Å². The Morgan fingerprint density at radius 2 is 1.62 bits per heavy atom. The highest BCUT2D eigenvalue weighted by atomic mass is 79.9. The van der Waals surface area contributed by atoms with Crippen molar-refractivity contribution < 1.29 is 4.79 Å². The minimum Gasteiger partial charge on any atom is -0.321 e. The first-order valence-electron chi connectivity index (χ1n) is 6.45. The zero-order valence-corrected chi connectivity index (χ0v) is 13.4. The Hall–Kier alpha value is -1.91. The molecule has 0 unspecified atom stereocenters. The summed E-state index contributed by atoms with van der Waals surface area (Å²) in [5, 5.41) is 2.99. The van der Waals surface area contributed by atoms with Gasteiger partial charge in [0.25, 0.3) is 5.91 Å². The molecule has 21 heavy (non-hydrogen) atoms. The van der Waals surface area contributed by atoms with Crippen LogP contribution < -0.4 is 5.32 Å². The molecule has 3 aromatic rings. The number of halogens is 1. The third-order valence-electron chi connectivity index (χ3n) is 3.05. The Kier molecular flexibility index (Phi) is 4.18. The summed E-state index contributed by atoms with van der Waals surface area (Å²) in [6, 6.07) is 21.1. The van der Waals surface area contributed by atoms with E-state index in [1.165, 1.54) is 0 Å². The molecule has 1 aromatic heterocycles. The summed E-state index contributed by atoms with van der Waals surface area (Å²) in [4.78, 5) is 13.4. The van der Waals surface area contributed by atoms with Crippen molar-refractivity contribution in [3.05, 3.63) is 76.1 Å². The van der Waals surface area contributed by atoms with E-state index in [1.807, 2.05) is 54.6 Å². The largest absolute Gasteiger partial charge is 0.321 e. The van der Waals surface area contributed by atoms with Gasteiger partial charge >= 0.3 is 0 Å². The number of amides is 1. The van der Waals surface area contributed by atoms with E-state index in [0.717, 1.165) is 19.9 Å². The van der Waals surface area contributed by atoms with Gasteiger partial charge in [0.1, 0.15) is 0 Å². The maximum Gasteiger partial charge on any atom is 0.255 e. The lowest BCUT2D eigenvalue weighted by Gasteiger charge is -2.09. The fourth-order valence-electron chi connectivity index (χ4n) is 2.05. The van der Waals surface area contributed by atoms with Gasteiger partial charge in [-0.2, -0.15) is 0 Å². The van der Waals surface area contributed by atoms with Gasteiger partial charge in [-0.05, 0) is 46.3 Å². The first kappa shape index (κ1) is 14.0. The number of nitrogens with one attached hydrogen (secondary N) is 1. The molecular formula is C17H12BrNOS. The fourth-order valence-corrected chi connectivity index (χ4v) is 3.48. The second-order valence-electron chi connectivity index (χ2n) is 4.47. The van der Waals surface area contributed by atoms with Crippen molar-refractivity contribution in [1.29, 1.82) is 0 Å². The van der Waals surface area contributed by atoms with Crippen LogP contribution in [0.5, 0.6) is 0 Å². The maximum atomic E-state index is 12.3. The molecule has 4 heteroatoms. The highest BCUT2D eigenvalue weighted by molar-refractivity contribution is 9.11. The van der Waals surface area contributed by atoms with Gasteiger partial charge in [0.15, 0.2) is 0 Å². The lowest BCUT2D eigenvalue weighted by molar-refractivity contribution is 0.102. The van der Waals surface area contributed by atoms with Gasteiger partial charge in [-0.1, -0.05) is 36.4 Å². The Bertz CT molecular complexity index is 767. The predicted octanol–water partition coefficient (Wildman–Crippen LogP) is 5.43. The normalized spacial score (nSPS) is 10.3.